The van der Waals surface area contributed by atoms with Crippen molar-refractivity contribution in [2.75, 3.05) is 5.32 Å². The lowest BCUT2D eigenvalue weighted by molar-refractivity contribution is -0.383. The summed E-state index contributed by atoms with van der Waals surface area (Å²) in [6, 6.07) is 5.80. The average molecular weight is 278 g/mol. The number of nitro groups is 1. The van der Waals surface area contributed by atoms with Crippen molar-refractivity contribution < 1.29 is 19.6 Å². The van der Waals surface area contributed by atoms with Gasteiger partial charge in [-0.3, -0.25) is 19.7 Å². The lowest BCUT2D eigenvalue weighted by atomic mass is 9.95. The van der Waals surface area contributed by atoms with Gasteiger partial charge in [-0.25, -0.2) is 0 Å². The van der Waals surface area contributed by atoms with E-state index < -0.39 is 28.6 Å². The second kappa shape index (κ2) is 5.68. The van der Waals surface area contributed by atoms with Crippen molar-refractivity contribution in [3.05, 3.63) is 34.4 Å². The first-order chi connectivity index (χ1) is 9.50. The Hall–Kier alpha value is -2.44. The van der Waals surface area contributed by atoms with Gasteiger partial charge in [0.15, 0.2) is 0 Å². The first-order valence-corrected chi connectivity index (χ1v) is 6.28. The van der Waals surface area contributed by atoms with Crippen LogP contribution in [0, 0.1) is 22.0 Å². The quantitative estimate of drug-likeness (QED) is 0.646. The van der Waals surface area contributed by atoms with Crippen molar-refractivity contribution in [3.63, 3.8) is 0 Å². The summed E-state index contributed by atoms with van der Waals surface area (Å²) in [5.74, 6) is -2.81. The second-order valence-electron chi connectivity index (χ2n) is 4.75. The highest BCUT2D eigenvalue weighted by Gasteiger charge is 2.38. The van der Waals surface area contributed by atoms with Gasteiger partial charge < -0.3 is 10.4 Å². The number of nitrogens with zero attached hydrogens (tertiary/aromatic N) is 1. The van der Waals surface area contributed by atoms with Gasteiger partial charge in [0.25, 0.3) is 5.69 Å². The number of carboxylic acids is 1. The predicted octanol–water partition coefficient (Wildman–Crippen LogP) is 2.03. The summed E-state index contributed by atoms with van der Waals surface area (Å²) in [5.41, 5.74) is -0.107. The molecule has 1 amide bonds. The summed E-state index contributed by atoms with van der Waals surface area (Å²) in [7, 11) is 0. The van der Waals surface area contributed by atoms with Gasteiger partial charge in [-0.1, -0.05) is 18.6 Å². The number of nitrogens with one attached hydrogen (secondary N) is 1. The fourth-order valence-corrected chi connectivity index (χ4v) is 2.53. The minimum Gasteiger partial charge on any atom is -0.481 e. The first-order valence-electron chi connectivity index (χ1n) is 6.28. The molecule has 0 radical (unpaired) electrons. The summed E-state index contributed by atoms with van der Waals surface area (Å²) in [4.78, 5) is 33.4. The topological polar surface area (TPSA) is 110 Å². The number of amides is 1. The fraction of sp³-hybridized carbons (Fsp3) is 0.385. The van der Waals surface area contributed by atoms with Gasteiger partial charge in [0.05, 0.1) is 16.8 Å². The van der Waals surface area contributed by atoms with E-state index in [9.17, 15) is 19.7 Å². The maximum atomic E-state index is 12.1. The van der Waals surface area contributed by atoms with Crippen LogP contribution in [0.2, 0.25) is 0 Å². The van der Waals surface area contributed by atoms with Crippen LogP contribution >= 0.6 is 0 Å². The standard InChI is InChI=1S/C13H14N2O5/c16-12(8-4-3-5-9(8)13(17)18)14-10-6-1-2-7-11(10)15(19)20/h1-2,6-9H,3-5H2,(H,14,16)(H,17,18). The van der Waals surface area contributed by atoms with Crippen LogP contribution in [0.3, 0.4) is 0 Å². The van der Waals surface area contributed by atoms with E-state index in [2.05, 4.69) is 5.32 Å². The molecule has 0 saturated heterocycles. The van der Waals surface area contributed by atoms with Gasteiger partial charge in [-0.15, -0.1) is 0 Å². The monoisotopic (exact) mass is 278 g/mol. The molecule has 1 aromatic carbocycles. The van der Waals surface area contributed by atoms with Crippen LogP contribution in [0.25, 0.3) is 0 Å². The number of hydrogen-bond acceptors (Lipinski definition) is 4. The van der Waals surface area contributed by atoms with Crippen molar-refractivity contribution >= 4 is 23.3 Å². The molecule has 0 aliphatic heterocycles. The number of rotatable bonds is 4. The Morgan fingerprint density at radius 2 is 1.90 bits per heavy atom. The smallest absolute Gasteiger partial charge is 0.307 e. The average Bonchev–Trinajstić information content (AvgIpc) is 2.88. The number of para-hydroxylation sites is 2. The van der Waals surface area contributed by atoms with E-state index in [1.807, 2.05) is 0 Å². The third-order valence-electron chi connectivity index (χ3n) is 3.53. The molecule has 0 heterocycles. The number of anilines is 1. The molecule has 106 valence electrons. The third-order valence-corrected chi connectivity index (χ3v) is 3.53. The summed E-state index contributed by atoms with van der Waals surface area (Å²) in [6.07, 6.45) is 1.62. The number of carbonyl (C=O) groups excluding carboxylic acids is 1. The number of hydrogen-bond donors (Lipinski definition) is 2. The molecule has 7 nitrogen and oxygen atoms in total. The van der Waals surface area contributed by atoms with Crippen LogP contribution in [0.15, 0.2) is 24.3 Å². The Bertz CT molecular complexity index is 557. The molecule has 20 heavy (non-hydrogen) atoms. The predicted molar refractivity (Wildman–Crippen MR) is 70.2 cm³/mol. The normalized spacial score (nSPS) is 21.4. The van der Waals surface area contributed by atoms with E-state index in [0.29, 0.717) is 19.3 Å². The second-order valence-corrected chi connectivity index (χ2v) is 4.75. The zero-order chi connectivity index (χ0) is 14.7. The molecule has 1 saturated carbocycles. The Balaban J connectivity index is 2.16. The van der Waals surface area contributed by atoms with E-state index in [-0.39, 0.29) is 11.4 Å². The Morgan fingerprint density at radius 1 is 1.25 bits per heavy atom. The van der Waals surface area contributed by atoms with E-state index in [0.717, 1.165) is 0 Å². The molecule has 0 spiro atoms. The van der Waals surface area contributed by atoms with Crippen LogP contribution in [0.1, 0.15) is 19.3 Å². The van der Waals surface area contributed by atoms with Gasteiger partial charge in [0, 0.05) is 6.07 Å². The van der Waals surface area contributed by atoms with Gasteiger partial charge in [-0.2, -0.15) is 0 Å². The summed E-state index contributed by atoms with van der Waals surface area (Å²) >= 11 is 0. The summed E-state index contributed by atoms with van der Waals surface area (Å²) < 4.78 is 0. The van der Waals surface area contributed by atoms with Crippen LogP contribution in [0.5, 0.6) is 0 Å². The lowest BCUT2D eigenvalue weighted by Crippen LogP contribution is -2.30. The minimum absolute atomic E-state index is 0.0959. The number of carboxylic acid groups (broad SMARTS) is 1. The van der Waals surface area contributed by atoms with Crippen LogP contribution in [-0.2, 0) is 9.59 Å². The maximum absolute atomic E-state index is 12.1. The van der Waals surface area contributed by atoms with Crippen molar-refractivity contribution in [2.45, 2.75) is 19.3 Å². The molecular formula is C13H14N2O5. The molecule has 7 heteroatoms. The highest BCUT2D eigenvalue weighted by atomic mass is 16.6. The highest BCUT2D eigenvalue weighted by molar-refractivity contribution is 5.97. The van der Waals surface area contributed by atoms with E-state index >= 15 is 0 Å². The van der Waals surface area contributed by atoms with Gasteiger partial charge >= 0.3 is 5.97 Å². The third kappa shape index (κ3) is 2.76. The van der Waals surface area contributed by atoms with Crippen molar-refractivity contribution in [1.82, 2.24) is 0 Å². The van der Waals surface area contributed by atoms with Crippen LogP contribution in [0.4, 0.5) is 11.4 Å². The van der Waals surface area contributed by atoms with Crippen LogP contribution in [-0.4, -0.2) is 21.9 Å². The molecule has 1 aliphatic rings. The molecule has 1 aliphatic carbocycles. The molecule has 2 unspecified atom stereocenters. The number of nitro benzene ring substituents is 1. The Morgan fingerprint density at radius 3 is 2.55 bits per heavy atom. The largest absolute Gasteiger partial charge is 0.481 e. The molecule has 1 aromatic rings. The van der Waals surface area contributed by atoms with E-state index in [1.54, 1.807) is 6.07 Å². The summed E-state index contributed by atoms with van der Waals surface area (Å²) in [5, 5.41) is 22.4. The molecular weight excluding hydrogens is 264 g/mol. The number of benzene rings is 1. The number of aliphatic carboxylic acids is 1. The van der Waals surface area contributed by atoms with Gasteiger partial charge in [0.2, 0.25) is 5.91 Å². The van der Waals surface area contributed by atoms with Crippen molar-refractivity contribution in [2.24, 2.45) is 11.8 Å². The highest BCUT2D eigenvalue weighted by Crippen LogP contribution is 2.33. The van der Waals surface area contributed by atoms with E-state index in [4.69, 9.17) is 5.11 Å². The molecule has 2 atom stereocenters. The Kier molecular flexibility index (Phi) is 3.97. The Labute approximate surface area is 114 Å². The fourth-order valence-electron chi connectivity index (χ4n) is 2.53. The summed E-state index contributed by atoms with van der Waals surface area (Å²) in [6.45, 7) is 0. The van der Waals surface area contributed by atoms with E-state index in [1.165, 1.54) is 18.2 Å². The molecule has 0 aromatic heterocycles. The zero-order valence-electron chi connectivity index (χ0n) is 10.6. The molecule has 2 rings (SSSR count). The molecule has 0 bridgehead atoms. The zero-order valence-corrected chi connectivity index (χ0v) is 10.6. The molecule has 1 fully saturated rings. The first kappa shape index (κ1) is 14.0. The van der Waals surface area contributed by atoms with Gasteiger partial charge in [0.1, 0.15) is 5.69 Å². The minimum atomic E-state index is -0.995. The van der Waals surface area contributed by atoms with Crippen molar-refractivity contribution in [1.29, 1.82) is 0 Å². The van der Waals surface area contributed by atoms with Crippen molar-refractivity contribution in [3.8, 4) is 0 Å². The maximum Gasteiger partial charge on any atom is 0.307 e. The SMILES string of the molecule is O=C(O)C1CCCC1C(=O)Nc1ccccc1[N+](=O)[O-]. The van der Waals surface area contributed by atoms with Gasteiger partial charge in [-0.05, 0) is 18.9 Å². The molecule has 2 N–H and O–H groups in total. The van der Waals surface area contributed by atoms with Crippen LogP contribution < -0.4 is 5.32 Å². The lowest BCUT2D eigenvalue weighted by Gasteiger charge is -2.15. The number of carbonyl (C=O) groups is 2.